The van der Waals surface area contributed by atoms with E-state index in [2.05, 4.69) is 18.6 Å². The summed E-state index contributed by atoms with van der Waals surface area (Å²) in [4.78, 5) is 0. The molecule has 1 saturated carbocycles. The number of ether oxygens (including phenoxy) is 1. The molecule has 1 fully saturated rings. The second-order valence-electron chi connectivity index (χ2n) is 6.59. The fraction of sp³-hybridized carbons (Fsp3) is 0.625. The van der Waals surface area contributed by atoms with Crippen LogP contribution < -0.4 is 10.5 Å². The molecule has 0 radical (unpaired) electrons. The first-order chi connectivity index (χ1) is 9.72. The lowest BCUT2D eigenvalue weighted by Crippen LogP contribution is -2.33. The van der Waals surface area contributed by atoms with Crippen LogP contribution in [-0.4, -0.2) is 12.9 Å². The van der Waals surface area contributed by atoms with Gasteiger partial charge in [0, 0.05) is 0 Å². The third-order valence-corrected chi connectivity index (χ3v) is 4.38. The van der Waals surface area contributed by atoms with Crippen molar-refractivity contribution >= 4 is 0 Å². The van der Waals surface area contributed by atoms with Gasteiger partial charge in [-0.3, -0.25) is 0 Å². The van der Waals surface area contributed by atoms with E-state index in [0.717, 1.165) is 19.3 Å². The van der Waals surface area contributed by atoms with Crippen LogP contribution >= 0.6 is 0 Å². The highest BCUT2D eigenvalue weighted by Crippen LogP contribution is 2.48. The van der Waals surface area contributed by atoms with Crippen LogP contribution in [0.4, 0.5) is 13.2 Å². The second-order valence-corrected chi connectivity index (χ2v) is 6.59. The minimum atomic E-state index is -4.67. The van der Waals surface area contributed by atoms with Gasteiger partial charge in [0.25, 0.3) is 0 Å². The van der Waals surface area contributed by atoms with Crippen LogP contribution in [0.1, 0.15) is 44.6 Å². The number of nitrogens with two attached hydrogens (primary N) is 1. The Bertz CT molecular complexity index is 485. The maximum atomic E-state index is 12.6. The Balaban J connectivity index is 2.34. The summed E-state index contributed by atoms with van der Waals surface area (Å²) in [6, 6.07) is 6.44. The Labute approximate surface area is 123 Å². The number of rotatable bonds is 3. The molecule has 118 valence electrons. The highest BCUT2D eigenvalue weighted by molar-refractivity contribution is 5.37. The normalized spacial score (nSPS) is 25.6. The summed E-state index contributed by atoms with van der Waals surface area (Å²) in [7, 11) is 0. The van der Waals surface area contributed by atoms with E-state index < -0.39 is 6.36 Å². The zero-order valence-corrected chi connectivity index (χ0v) is 12.4. The lowest BCUT2D eigenvalue weighted by Gasteiger charge is -2.41. The maximum Gasteiger partial charge on any atom is 0.573 e. The minimum absolute atomic E-state index is 0.0114. The van der Waals surface area contributed by atoms with Crippen molar-refractivity contribution in [2.24, 2.45) is 17.1 Å². The van der Waals surface area contributed by atoms with E-state index in [4.69, 9.17) is 5.73 Å². The molecule has 2 unspecified atom stereocenters. The first kappa shape index (κ1) is 16.1. The zero-order chi connectivity index (χ0) is 15.7. The predicted octanol–water partition coefficient (Wildman–Crippen LogP) is 4.45. The molecular weight excluding hydrogens is 279 g/mol. The average Bonchev–Trinajstić information content (AvgIpc) is 2.36. The molecule has 1 aromatic carbocycles. The average molecular weight is 301 g/mol. The van der Waals surface area contributed by atoms with Crippen molar-refractivity contribution in [3.63, 3.8) is 0 Å². The molecule has 1 aliphatic rings. The fourth-order valence-electron chi connectivity index (χ4n) is 3.29. The molecule has 1 aromatic rings. The predicted molar refractivity (Wildman–Crippen MR) is 76.0 cm³/mol. The van der Waals surface area contributed by atoms with E-state index in [1.165, 1.54) is 6.07 Å². The highest BCUT2D eigenvalue weighted by Gasteiger charge is 2.38. The van der Waals surface area contributed by atoms with Crippen LogP contribution in [0.15, 0.2) is 24.3 Å². The fourth-order valence-corrected chi connectivity index (χ4v) is 3.29. The topological polar surface area (TPSA) is 35.2 Å². The summed E-state index contributed by atoms with van der Waals surface area (Å²) in [6.45, 7) is 4.79. The van der Waals surface area contributed by atoms with Crippen LogP contribution in [0.2, 0.25) is 0 Å². The van der Waals surface area contributed by atoms with Crippen LogP contribution in [0.5, 0.6) is 5.75 Å². The van der Waals surface area contributed by atoms with Gasteiger partial charge in [0.2, 0.25) is 0 Å². The molecule has 0 heterocycles. The molecule has 1 aliphatic carbocycles. The first-order valence-corrected chi connectivity index (χ1v) is 7.26. The number of hydrogen-bond acceptors (Lipinski definition) is 2. The second kappa shape index (κ2) is 5.87. The van der Waals surface area contributed by atoms with E-state index in [1.54, 1.807) is 18.2 Å². The highest BCUT2D eigenvalue weighted by atomic mass is 19.4. The maximum absolute atomic E-state index is 12.6. The molecule has 21 heavy (non-hydrogen) atoms. The van der Waals surface area contributed by atoms with Crippen LogP contribution in [0.3, 0.4) is 0 Å². The van der Waals surface area contributed by atoms with Gasteiger partial charge in [-0.1, -0.05) is 32.0 Å². The lowest BCUT2D eigenvalue weighted by molar-refractivity contribution is -0.275. The molecule has 2 atom stereocenters. The summed E-state index contributed by atoms with van der Waals surface area (Å²) >= 11 is 0. The minimum Gasteiger partial charge on any atom is -0.405 e. The lowest BCUT2D eigenvalue weighted by atomic mass is 9.65. The molecule has 2 N–H and O–H groups in total. The van der Waals surface area contributed by atoms with Crippen molar-refractivity contribution < 1.29 is 17.9 Å². The van der Waals surface area contributed by atoms with Crippen molar-refractivity contribution in [1.29, 1.82) is 0 Å². The summed E-state index contributed by atoms with van der Waals surface area (Å²) in [6.07, 6.45) is -1.85. The standard InChI is InChI=1S/C16H22F3NO/c1-15(2)8-7-11(10-20)13(9-15)12-5-3-4-6-14(12)21-16(17,18)19/h3-6,11,13H,7-10,20H2,1-2H3. The van der Waals surface area contributed by atoms with Gasteiger partial charge in [-0.05, 0) is 54.7 Å². The van der Waals surface area contributed by atoms with E-state index in [1.807, 2.05) is 0 Å². The number of halogens is 3. The van der Waals surface area contributed by atoms with Crippen molar-refractivity contribution in [3.8, 4) is 5.75 Å². The van der Waals surface area contributed by atoms with Crippen LogP contribution in [-0.2, 0) is 0 Å². The van der Waals surface area contributed by atoms with Crippen molar-refractivity contribution in [2.45, 2.75) is 45.4 Å². The van der Waals surface area contributed by atoms with Gasteiger partial charge >= 0.3 is 6.36 Å². The van der Waals surface area contributed by atoms with E-state index in [-0.39, 0.29) is 23.0 Å². The number of para-hydroxylation sites is 1. The van der Waals surface area contributed by atoms with E-state index in [0.29, 0.717) is 12.1 Å². The number of benzene rings is 1. The third kappa shape index (κ3) is 4.13. The van der Waals surface area contributed by atoms with Crippen LogP contribution in [0, 0.1) is 11.3 Å². The molecule has 2 rings (SSSR count). The van der Waals surface area contributed by atoms with Gasteiger partial charge in [0.1, 0.15) is 5.75 Å². The molecule has 2 nitrogen and oxygen atoms in total. The summed E-state index contributed by atoms with van der Waals surface area (Å²) in [5.41, 5.74) is 6.57. The number of alkyl halides is 3. The van der Waals surface area contributed by atoms with Crippen molar-refractivity contribution in [3.05, 3.63) is 29.8 Å². The quantitative estimate of drug-likeness (QED) is 0.895. The molecule has 0 spiro atoms. The molecule has 0 saturated heterocycles. The molecule has 5 heteroatoms. The van der Waals surface area contributed by atoms with Crippen molar-refractivity contribution in [1.82, 2.24) is 0 Å². The summed E-state index contributed by atoms with van der Waals surface area (Å²) < 4.78 is 41.9. The third-order valence-electron chi connectivity index (χ3n) is 4.38. The Morgan fingerprint density at radius 3 is 2.57 bits per heavy atom. The van der Waals surface area contributed by atoms with E-state index >= 15 is 0 Å². The van der Waals surface area contributed by atoms with Gasteiger partial charge < -0.3 is 10.5 Å². The summed E-state index contributed by atoms with van der Waals surface area (Å²) in [5, 5.41) is 0. The first-order valence-electron chi connectivity index (χ1n) is 7.26. The smallest absolute Gasteiger partial charge is 0.405 e. The SMILES string of the molecule is CC1(C)CCC(CN)C(c2ccccc2OC(F)(F)F)C1. The number of hydrogen-bond donors (Lipinski definition) is 1. The van der Waals surface area contributed by atoms with Gasteiger partial charge in [-0.15, -0.1) is 13.2 Å². The zero-order valence-electron chi connectivity index (χ0n) is 12.4. The Kier molecular flexibility index (Phi) is 4.51. The van der Waals surface area contributed by atoms with E-state index in [9.17, 15) is 13.2 Å². The van der Waals surface area contributed by atoms with Gasteiger partial charge in [0.05, 0.1) is 0 Å². The largest absolute Gasteiger partial charge is 0.573 e. The van der Waals surface area contributed by atoms with Gasteiger partial charge in [0.15, 0.2) is 0 Å². The Hall–Kier alpha value is -1.23. The summed E-state index contributed by atoms with van der Waals surface area (Å²) in [5.74, 6) is 0.124. The molecule has 0 amide bonds. The molecule has 0 bridgehead atoms. The van der Waals surface area contributed by atoms with Gasteiger partial charge in [-0.2, -0.15) is 0 Å². The monoisotopic (exact) mass is 301 g/mol. The van der Waals surface area contributed by atoms with Crippen molar-refractivity contribution in [2.75, 3.05) is 6.54 Å². The molecular formula is C16H22F3NO. The Morgan fingerprint density at radius 2 is 1.95 bits per heavy atom. The molecule has 0 aromatic heterocycles. The van der Waals surface area contributed by atoms with Crippen LogP contribution in [0.25, 0.3) is 0 Å². The van der Waals surface area contributed by atoms with Gasteiger partial charge in [-0.25, -0.2) is 0 Å². The molecule has 0 aliphatic heterocycles. The Morgan fingerprint density at radius 1 is 1.29 bits per heavy atom.